The normalized spacial score (nSPS) is 17.8. The number of hydrogen-bond donors (Lipinski definition) is 1. The first-order valence-electron chi connectivity index (χ1n) is 5.30. The second-order valence-corrected chi connectivity index (χ2v) is 4.51. The van der Waals surface area contributed by atoms with E-state index in [-0.39, 0.29) is 5.60 Å². The van der Waals surface area contributed by atoms with Gasteiger partial charge in [0.1, 0.15) is 11.4 Å². The molecule has 80 valence electrons. The summed E-state index contributed by atoms with van der Waals surface area (Å²) in [7, 11) is 0. The van der Waals surface area contributed by atoms with Crippen LogP contribution in [0.15, 0.2) is 24.3 Å². The van der Waals surface area contributed by atoms with Crippen LogP contribution in [0.25, 0.3) is 6.08 Å². The molecular formula is C13H17NO. The van der Waals surface area contributed by atoms with Crippen molar-refractivity contribution in [3.63, 3.8) is 0 Å². The topological polar surface area (TPSA) is 35.2 Å². The molecule has 0 aliphatic carbocycles. The number of benzene rings is 1. The molecular weight excluding hydrogens is 186 g/mol. The van der Waals surface area contributed by atoms with E-state index in [4.69, 9.17) is 10.5 Å². The van der Waals surface area contributed by atoms with Crippen LogP contribution in [-0.4, -0.2) is 12.1 Å². The van der Waals surface area contributed by atoms with Crippen molar-refractivity contribution >= 4 is 6.08 Å². The number of para-hydroxylation sites is 1. The summed E-state index contributed by atoms with van der Waals surface area (Å²) in [5, 5.41) is 0. The third kappa shape index (κ3) is 2.05. The van der Waals surface area contributed by atoms with Gasteiger partial charge in [-0.2, -0.15) is 0 Å². The Bertz CT molecular complexity index is 394. The third-order valence-electron chi connectivity index (χ3n) is 2.56. The molecule has 0 bridgehead atoms. The highest BCUT2D eigenvalue weighted by Crippen LogP contribution is 2.37. The summed E-state index contributed by atoms with van der Waals surface area (Å²) in [5.41, 5.74) is 7.79. The van der Waals surface area contributed by atoms with Gasteiger partial charge < -0.3 is 10.5 Å². The van der Waals surface area contributed by atoms with Crippen LogP contribution in [0.4, 0.5) is 0 Å². The summed E-state index contributed by atoms with van der Waals surface area (Å²) in [6.07, 6.45) is 4.96. The summed E-state index contributed by atoms with van der Waals surface area (Å²) < 4.78 is 5.93. The number of hydrogen-bond acceptors (Lipinski definition) is 2. The van der Waals surface area contributed by atoms with Crippen molar-refractivity contribution in [2.75, 3.05) is 6.54 Å². The minimum atomic E-state index is -0.0744. The second kappa shape index (κ2) is 3.70. The van der Waals surface area contributed by atoms with Crippen molar-refractivity contribution in [1.29, 1.82) is 0 Å². The fourth-order valence-corrected chi connectivity index (χ4v) is 1.97. The van der Waals surface area contributed by atoms with E-state index in [0.717, 1.165) is 17.7 Å². The highest BCUT2D eigenvalue weighted by Gasteiger charge is 2.30. The van der Waals surface area contributed by atoms with Crippen molar-refractivity contribution in [3.05, 3.63) is 35.4 Å². The Kier molecular flexibility index (Phi) is 2.53. The molecule has 0 spiro atoms. The summed E-state index contributed by atoms with van der Waals surface area (Å²) in [6.45, 7) is 4.79. The van der Waals surface area contributed by atoms with Crippen molar-refractivity contribution in [2.45, 2.75) is 25.9 Å². The van der Waals surface area contributed by atoms with E-state index in [1.54, 1.807) is 0 Å². The maximum atomic E-state index is 5.93. The summed E-state index contributed by atoms with van der Waals surface area (Å²) in [6, 6.07) is 6.26. The molecule has 1 aromatic carbocycles. The average Bonchev–Trinajstić information content (AvgIpc) is 2.49. The summed E-state index contributed by atoms with van der Waals surface area (Å²) in [4.78, 5) is 0. The Morgan fingerprint density at radius 2 is 2.27 bits per heavy atom. The summed E-state index contributed by atoms with van der Waals surface area (Å²) >= 11 is 0. The predicted molar refractivity (Wildman–Crippen MR) is 62.9 cm³/mol. The lowest BCUT2D eigenvalue weighted by molar-refractivity contribution is 0.138. The van der Waals surface area contributed by atoms with E-state index in [1.165, 1.54) is 5.56 Å². The molecule has 0 unspecified atom stereocenters. The zero-order chi connectivity index (χ0) is 10.9. The van der Waals surface area contributed by atoms with Gasteiger partial charge in [0, 0.05) is 18.5 Å². The van der Waals surface area contributed by atoms with Crippen LogP contribution in [0.2, 0.25) is 0 Å². The highest BCUT2D eigenvalue weighted by molar-refractivity contribution is 5.61. The first-order chi connectivity index (χ1) is 7.12. The first-order valence-corrected chi connectivity index (χ1v) is 5.30. The fourth-order valence-electron chi connectivity index (χ4n) is 1.97. The lowest BCUT2D eigenvalue weighted by Gasteiger charge is -2.17. The number of ether oxygens (including phenoxy) is 1. The largest absolute Gasteiger partial charge is 0.487 e. The van der Waals surface area contributed by atoms with Crippen LogP contribution in [0.3, 0.4) is 0 Å². The van der Waals surface area contributed by atoms with E-state index >= 15 is 0 Å². The molecule has 0 saturated heterocycles. The molecule has 0 atom stereocenters. The third-order valence-corrected chi connectivity index (χ3v) is 2.56. The van der Waals surface area contributed by atoms with E-state index in [9.17, 15) is 0 Å². The van der Waals surface area contributed by atoms with Crippen molar-refractivity contribution in [2.24, 2.45) is 5.73 Å². The van der Waals surface area contributed by atoms with Gasteiger partial charge in [0.15, 0.2) is 0 Å². The van der Waals surface area contributed by atoms with Gasteiger partial charge >= 0.3 is 0 Å². The standard InChI is InChI=1S/C13H17NO/c1-13(2)9-11-6-3-5-10(7-4-8-14)12(11)15-13/h3-7H,8-9,14H2,1-2H3. The number of rotatable bonds is 2. The van der Waals surface area contributed by atoms with Gasteiger partial charge in [-0.15, -0.1) is 0 Å². The molecule has 15 heavy (non-hydrogen) atoms. The minimum Gasteiger partial charge on any atom is -0.487 e. The van der Waals surface area contributed by atoms with E-state index in [1.807, 2.05) is 12.2 Å². The van der Waals surface area contributed by atoms with Crippen LogP contribution < -0.4 is 10.5 Å². The second-order valence-electron chi connectivity index (χ2n) is 4.51. The molecule has 0 aromatic heterocycles. The molecule has 2 rings (SSSR count). The number of nitrogens with two attached hydrogens (primary N) is 1. The molecule has 1 aliphatic rings. The Balaban J connectivity index is 2.37. The van der Waals surface area contributed by atoms with Gasteiger partial charge in [-0.05, 0) is 19.4 Å². The molecule has 0 fully saturated rings. The molecule has 0 radical (unpaired) electrons. The molecule has 2 N–H and O–H groups in total. The lowest BCUT2D eigenvalue weighted by atomic mass is 10.0. The molecule has 1 aromatic rings. The minimum absolute atomic E-state index is 0.0744. The van der Waals surface area contributed by atoms with E-state index in [0.29, 0.717) is 6.54 Å². The molecule has 2 heteroatoms. The van der Waals surface area contributed by atoms with Crippen LogP contribution in [0, 0.1) is 0 Å². The van der Waals surface area contributed by atoms with Crippen molar-refractivity contribution in [3.8, 4) is 5.75 Å². The van der Waals surface area contributed by atoms with Gasteiger partial charge in [0.05, 0.1) is 0 Å². The van der Waals surface area contributed by atoms with Gasteiger partial charge in [0.2, 0.25) is 0 Å². The van der Waals surface area contributed by atoms with E-state index in [2.05, 4.69) is 32.0 Å². The van der Waals surface area contributed by atoms with Crippen LogP contribution in [-0.2, 0) is 6.42 Å². The first kappa shape index (κ1) is 10.2. The molecule has 1 heterocycles. The van der Waals surface area contributed by atoms with Crippen molar-refractivity contribution in [1.82, 2.24) is 0 Å². The fraction of sp³-hybridized carbons (Fsp3) is 0.385. The van der Waals surface area contributed by atoms with E-state index < -0.39 is 0 Å². The van der Waals surface area contributed by atoms with Crippen molar-refractivity contribution < 1.29 is 4.74 Å². The molecule has 0 saturated carbocycles. The van der Waals surface area contributed by atoms with Crippen LogP contribution in [0.5, 0.6) is 5.75 Å². The van der Waals surface area contributed by atoms with Gasteiger partial charge in [-0.3, -0.25) is 0 Å². The average molecular weight is 203 g/mol. The maximum absolute atomic E-state index is 5.93. The molecule has 1 aliphatic heterocycles. The van der Waals surface area contributed by atoms with Crippen LogP contribution >= 0.6 is 0 Å². The summed E-state index contributed by atoms with van der Waals surface area (Å²) in [5.74, 6) is 1.02. The predicted octanol–water partition coefficient (Wildman–Crippen LogP) is 2.37. The Morgan fingerprint density at radius 1 is 1.47 bits per heavy atom. The van der Waals surface area contributed by atoms with Gasteiger partial charge in [-0.1, -0.05) is 30.4 Å². The molecule has 0 amide bonds. The maximum Gasteiger partial charge on any atom is 0.130 e. The quantitative estimate of drug-likeness (QED) is 0.801. The van der Waals surface area contributed by atoms with Gasteiger partial charge in [0.25, 0.3) is 0 Å². The Labute approximate surface area is 90.7 Å². The van der Waals surface area contributed by atoms with Gasteiger partial charge in [-0.25, -0.2) is 0 Å². The molecule has 2 nitrogen and oxygen atoms in total. The SMILES string of the molecule is CC1(C)Cc2cccc(C=CCN)c2O1. The van der Waals surface area contributed by atoms with Crippen LogP contribution in [0.1, 0.15) is 25.0 Å². The highest BCUT2D eigenvalue weighted by atomic mass is 16.5. The number of fused-ring (bicyclic) bond motifs is 1. The monoisotopic (exact) mass is 203 g/mol. The lowest BCUT2D eigenvalue weighted by Crippen LogP contribution is -2.24. The zero-order valence-electron chi connectivity index (χ0n) is 9.29. The Hall–Kier alpha value is -1.28. The smallest absolute Gasteiger partial charge is 0.130 e. The zero-order valence-corrected chi connectivity index (χ0v) is 9.29. The Morgan fingerprint density at radius 3 is 3.00 bits per heavy atom.